The van der Waals surface area contributed by atoms with E-state index in [0.717, 1.165) is 19.4 Å². The lowest BCUT2D eigenvalue weighted by Crippen LogP contribution is -2.46. The van der Waals surface area contributed by atoms with E-state index in [-0.39, 0.29) is 24.4 Å². The zero-order chi connectivity index (χ0) is 11.5. The molecule has 0 saturated carbocycles. The molecule has 2 unspecified atom stereocenters. The van der Waals surface area contributed by atoms with E-state index < -0.39 is 0 Å². The van der Waals surface area contributed by atoms with Crippen molar-refractivity contribution in [2.75, 3.05) is 6.54 Å². The van der Waals surface area contributed by atoms with Crippen LogP contribution in [0.5, 0.6) is 0 Å². The number of piperidine rings is 1. The Morgan fingerprint density at radius 2 is 2.35 bits per heavy atom. The molecule has 2 atom stereocenters. The number of aromatic amines is 1. The highest BCUT2D eigenvalue weighted by Gasteiger charge is 2.20. The lowest BCUT2D eigenvalue weighted by molar-refractivity contribution is 0.0921. The molecule has 0 aliphatic carbocycles. The molecule has 1 aliphatic heterocycles. The Bertz CT molecular complexity index is 381. The Morgan fingerprint density at radius 3 is 2.94 bits per heavy atom. The van der Waals surface area contributed by atoms with Crippen molar-refractivity contribution in [1.82, 2.24) is 15.6 Å². The maximum atomic E-state index is 11.8. The molecule has 2 rings (SSSR count). The average Bonchev–Trinajstić information content (AvgIpc) is 2.65. The first-order valence-electron chi connectivity index (χ1n) is 5.53. The Kier molecular flexibility index (Phi) is 5.31. The standard InChI is InChI=1S/C11H16ClN3O.ClH/c1-7-4-9(2-3-13-7)15-11(16)10-5-8(12)6-14-10;/h5-7,9,13-14H,2-4H2,1H3,(H,15,16);1H. The van der Waals surface area contributed by atoms with Crippen LogP contribution >= 0.6 is 24.0 Å². The van der Waals surface area contributed by atoms with Crippen LogP contribution in [0.1, 0.15) is 30.3 Å². The molecule has 3 N–H and O–H groups in total. The van der Waals surface area contributed by atoms with E-state index in [1.54, 1.807) is 12.3 Å². The number of carbonyl (C=O) groups excluding carboxylic acids is 1. The fraction of sp³-hybridized carbons (Fsp3) is 0.545. The first-order valence-corrected chi connectivity index (χ1v) is 5.91. The van der Waals surface area contributed by atoms with Crippen molar-refractivity contribution in [1.29, 1.82) is 0 Å². The molecule has 0 aromatic carbocycles. The monoisotopic (exact) mass is 277 g/mol. The van der Waals surface area contributed by atoms with Gasteiger partial charge in [0.1, 0.15) is 5.69 Å². The summed E-state index contributed by atoms with van der Waals surface area (Å²) in [7, 11) is 0. The summed E-state index contributed by atoms with van der Waals surface area (Å²) < 4.78 is 0. The third-order valence-corrected chi connectivity index (χ3v) is 3.07. The van der Waals surface area contributed by atoms with Gasteiger partial charge < -0.3 is 15.6 Å². The van der Waals surface area contributed by atoms with E-state index in [1.165, 1.54) is 0 Å². The molecular weight excluding hydrogens is 261 g/mol. The first-order chi connectivity index (χ1) is 7.65. The first kappa shape index (κ1) is 14.4. The number of halogens is 2. The van der Waals surface area contributed by atoms with Crippen LogP contribution in [0.4, 0.5) is 0 Å². The minimum atomic E-state index is -0.0778. The molecule has 1 aromatic heterocycles. The Morgan fingerprint density at radius 1 is 1.59 bits per heavy atom. The van der Waals surface area contributed by atoms with Gasteiger partial charge in [0.2, 0.25) is 0 Å². The van der Waals surface area contributed by atoms with Crippen molar-refractivity contribution in [2.24, 2.45) is 0 Å². The molecule has 0 bridgehead atoms. The van der Waals surface area contributed by atoms with E-state index >= 15 is 0 Å². The van der Waals surface area contributed by atoms with E-state index in [4.69, 9.17) is 11.6 Å². The summed E-state index contributed by atoms with van der Waals surface area (Å²) >= 11 is 5.75. The van der Waals surface area contributed by atoms with Crippen LogP contribution in [0.25, 0.3) is 0 Å². The van der Waals surface area contributed by atoms with Gasteiger partial charge in [0.25, 0.3) is 5.91 Å². The van der Waals surface area contributed by atoms with Crippen LogP contribution in [-0.2, 0) is 0 Å². The van der Waals surface area contributed by atoms with Crippen molar-refractivity contribution in [2.45, 2.75) is 31.8 Å². The van der Waals surface area contributed by atoms with Crippen LogP contribution in [0.15, 0.2) is 12.3 Å². The molecule has 0 radical (unpaired) electrons. The van der Waals surface area contributed by atoms with Crippen molar-refractivity contribution in [3.63, 3.8) is 0 Å². The summed E-state index contributed by atoms with van der Waals surface area (Å²) in [5, 5.41) is 6.92. The summed E-state index contributed by atoms with van der Waals surface area (Å²) in [5.41, 5.74) is 0.524. The van der Waals surface area contributed by atoms with Crippen LogP contribution in [0.3, 0.4) is 0 Å². The Labute approximate surface area is 112 Å². The number of hydrogen-bond donors (Lipinski definition) is 3. The minimum absolute atomic E-state index is 0. The van der Waals surface area contributed by atoms with E-state index in [2.05, 4.69) is 22.5 Å². The molecule has 96 valence electrons. The number of rotatable bonds is 2. The fourth-order valence-electron chi connectivity index (χ4n) is 2.03. The molecule has 1 fully saturated rings. The number of hydrogen-bond acceptors (Lipinski definition) is 2. The maximum absolute atomic E-state index is 11.8. The summed E-state index contributed by atoms with van der Waals surface area (Å²) in [6.07, 6.45) is 3.56. The van der Waals surface area contributed by atoms with Gasteiger partial charge in [0, 0.05) is 18.3 Å². The van der Waals surface area contributed by atoms with Crippen LogP contribution in [0.2, 0.25) is 5.02 Å². The van der Waals surface area contributed by atoms with Gasteiger partial charge in [-0.25, -0.2) is 0 Å². The zero-order valence-electron chi connectivity index (χ0n) is 9.63. The largest absolute Gasteiger partial charge is 0.356 e. The van der Waals surface area contributed by atoms with Crippen molar-refractivity contribution in [3.05, 3.63) is 23.0 Å². The second-order valence-electron chi connectivity index (χ2n) is 4.28. The predicted octanol–water partition coefficient (Wildman–Crippen LogP) is 1.96. The van der Waals surface area contributed by atoms with Crippen molar-refractivity contribution in [3.8, 4) is 0 Å². The molecule has 0 spiro atoms. The maximum Gasteiger partial charge on any atom is 0.267 e. The quantitative estimate of drug-likeness (QED) is 0.774. The lowest BCUT2D eigenvalue weighted by Gasteiger charge is -2.28. The Balaban J connectivity index is 0.00000144. The van der Waals surface area contributed by atoms with Crippen LogP contribution in [0, 0.1) is 0 Å². The zero-order valence-corrected chi connectivity index (χ0v) is 11.2. The van der Waals surface area contributed by atoms with Crippen molar-refractivity contribution < 1.29 is 4.79 Å². The summed E-state index contributed by atoms with van der Waals surface area (Å²) in [6, 6.07) is 2.36. The minimum Gasteiger partial charge on any atom is -0.356 e. The molecular formula is C11H17Cl2N3O. The molecule has 1 saturated heterocycles. The topological polar surface area (TPSA) is 56.9 Å². The number of carbonyl (C=O) groups is 1. The third kappa shape index (κ3) is 3.91. The number of H-pyrrole nitrogens is 1. The van der Waals surface area contributed by atoms with E-state index in [1.807, 2.05) is 0 Å². The summed E-state index contributed by atoms with van der Waals surface area (Å²) in [5.74, 6) is -0.0778. The average molecular weight is 278 g/mol. The highest BCUT2D eigenvalue weighted by Crippen LogP contribution is 2.12. The highest BCUT2D eigenvalue weighted by atomic mass is 35.5. The van der Waals surface area contributed by atoms with Gasteiger partial charge in [-0.1, -0.05) is 11.6 Å². The van der Waals surface area contributed by atoms with Crippen LogP contribution in [-0.4, -0.2) is 29.5 Å². The van der Waals surface area contributed by atoms with Gasteiger partial charge in [0.15, 0.2) is 0 Å². The number of aromatic nitrogens is 1. The lowest BCUT2D eigenvalue weighted by atomic mass is 10.0. The molecule has 6 heteroatoms. The predicted molar refractivity (Wildman–Crippen MR) is 71.0 cm³/mol. The van der Waals surface area contributed by atoms with Gasteiger partial charge in [-0.3, -0.25) is 4.79 Å². The SMILES string of the molecule is CC1CC(NC(=O)c2cc(Cl)c[nH]2)CCN1.Cl. The smallest absolute Gasteiger partial charge is 0.267 e. The van der Waals surface area contributed by atoms with E-state index in [0.29, 0.717) is 16.8 Å². The van der Waals surface area contributed by atoms with Crippen molar-refractivity contribution >= 4 is 29.9 Å². The third-order valence-electron chi connectivity index (χ3n) is 2.85. The highest BCUT2D eigenvalue weighted by molar-refractivity contribution is 6.30. The van der Waals surface area contributed by atoms with Gasteiger partial charge >= 0.3 is 0 Å². The summed E-state index contributed by atoms with van der Waals surface area (Å²) in [4.78, 5) is 14.7. The summed E-state index contributed by atoms with van der Waals surface area (Å²) in [6.45, 7) is 3.08. The molecule has 4 nitrogen and oxygen atoms in total. The molecule has 1 aromatic rings. The molecule has 1 amide bonds. The van der Waals surface area contributed by atoms with Gasteiger partial charge in [-0.15, -0.1) is 12.4 Å². The molecule has 1 aliphatic rings. The Hall–Kier alpha value is -0.710. The van der Waals surface area contributed by atoms with Gasteiger partial charge in [-0.05, 0) is 32.4 Å². The second-order valence-corrected chi connectivity index (χ2v) is 4.72. The number of amides is 1. The molecule has 17 heavy (non-hydrogen) atoms. The fourth-order valence-corrected chi connectivity index (χ4v) is 2.19. The van der Waals surface area contributed by atoms with Crippen LogP contribution < -0.4 is 10.6 Å². The second kappa shape index (κ2) is 6.28. The van der Waals surface area contributed by atoms with E-state index in [9.17, 15) is 4.79 Å². The number of nitrogens with one attached hydrogen (secondary N) is 3. The normalized spacial score (nSPS) is 23.9. The van der Waals surface area contributed by atoms with Gasteiger partial charge in [-0.2, -0.15) is 0 Å². The van der Waals surface area contributed by atoms with Gasteiger partial charge in [0.05, 0.1) is 5.02 Å². The molecule has 2 heterocycles.